The molecule has 1 aromatic carbocycles. The van der Waals surface area contributed by atoms with Crippen molar-refractivity contribution in [2.45, 2.75) is 33.6 Å². The molecule has 0 bridgehead atoms. The zero-order valence-corrected chi connectivity index (χ0v) is 13.4. The zero-order chi connectivity index (χ0) is 14.0. The molecular weight excluding hydrogens is 250 g/mol. The summed E-state index contributed by atoms with van der Waals surface area (Å²) >= 11 is 1.93. The van der Waals surface area contributed by atoms with E-state index in [1.54, 1.807) is 0 Å². The van der Waals surface area contributed by atoms with Gasteiger partial charge in [-0.1, -0.05) is 19.9 Å². The first-order valence-corrected chi connectivity index (χ1v) is 7.78. The van der Waals surface area contributed by atoms with Crippen LogP contribution in [0.5, 0.6) is 0 Å². The van der Waals surface area contributed by atoms with E-state index < -0.39 is 0 Å². The fraction of sp³-hybridized carbons (Fsp3) is 0.412. The topological polar surface area (TPSA) is 3.24 Å². The van der Waals surface area contributed by atoms with E-state index >= 15 is 0 Å². The van der Waals surface area contributed by atoms with Crippen LogP contribution in [-0.2, 0) is 12.8 Å². The maximum Gasteiger partial charge on any atom is 0.0367 e. The molecule has 2 heteroatoms. The van der Waals surface area contributed by atoms with Gasteiger partial charge in [0.05, 0.1) is 0 Å². The van der Waals surface area contributed by atoms with Crippen molar-refractivity contribution in [3.8, 4) is 11.1 Å². The molecule has 0 aliphatic rings. The van der Waals surface area contributed by atoms with Crippen molar-refractivity contribution in [3.63, 3.8) is 0 Å². The van der Waals surface area contributed by atoms with Gasteiger partial charge in [-0.05, 0) is 54.7 Å². The normalized spacial score (nSPS) is 10.8. The molecule has 1 heterocycles. The molecule has 2 rings (SSSR count). The predicted molar refractivity (Wildman–Crippen MR) is 87.6 cm³/mol. The van der Waals surface area contributed by atoms with E-state index in [2.05, 4.69) is 64.0 Å². The van der Waals surface area contributed by atoms with Crippen molar-refractivity contribution in [3.05, 3.63) is 39.6 Å². The highest BCUT2D eigenvalue weighted by molar-refractivity contribution is 7.12. The van der Waals surface area contributed by atoms with Crippen molar-refractivity contribution < 1.29 is 0 Å². The summed E-state index contributed by atoms with van der Waals surface area (Å²) in [4.78, 5) is 5.08. The molecule has 0 aliphatic carbocycles. The molecule has 0 atom stereocenters. The quantitative estimate of drug-likeness (QED) is 0.764. The van der Waals surface area contributed by atoms with Crippen LogP contribution >= 0.6 is 11.3 Å². The van der Waals surface area contributed by atoms with Crippen molar-refractivity contribution in [2.24, 2.45) is 0 Å². The average molecular weight is 273 g/mol. The first-order chi connectivity index (χ1) is 9.06. The number of aryl methyl sites for hydroxylation is 3. The van der Waals surface area contributed by atoms with E-state index in [-0.39, 0.29) is 0 Å². The minimum absolute atomic E-state index is 1.08. The molecule has 19 heavy (non-hydrogen) atoms. The lowest BCUT2D eigenvalue weighted by Crippen LogP contribution is -2.08. The van der Waals surface area contributed by atoms with E-state index in [1.165, 1.54) is 32.1 Å². The molecule has 0 aliphatic heterocycles. The molecule has 0 saturated heterocycles. The number of rotatable bonds is 4. The van der Waals surface area contributed by atoms with Crippen molar-refractivity contribution in [2.75, 3.05) is 19.0 Å². The summed E-state index contributed by atoms with van der Waals surface area (Å²) in [5.74, 6) is 0. The van der Waals surface area contributed by atoms with Gasteiger partial charge in [-0.15, -0.1) is 11.3 Å². The molecule has 0 saturated carbocycles. The lowest BCUT2D eigenvalue weighted by atomic mass is 9.96. The number of hydrogen-bond donors (Lipinski definition) is 0. The third-order valence-corrected chi connectivity index (χ3v) is 4.73. The van der Waals surface area contributed by atoms with Crippen LogP contribution in [-0.4, -0.2) is 14.1 Å². The van der Waals surface area contributed by atoms with Gasteiger partial charge in [0.1, 0.15) is 0 Å². The Balaban J connectivity index is 2.61. The van der Waals surface area contributed by atoms with Crippen LogP contribution in [0.15, 0.2) is 24.3 Å². The second-order valence-corrected chi connectivity index (χ2v) is 6.48. The Morgan fingerprint density at radius 2 is 1.74 bits per heavy atom. The lowest BCUT2D eigenvalue weighted by molar-refractivity contribution is 1.10. The number of hydrogen-bond acceptors (Lipinski definition) is 2. The van der Waals surface area contributed by atoms with Crippen molar-refractivity contribution >= 4 is 17.0 Å². The molecule has 0 N–H and O–H groups in total. The van der Waals surface area contributed by atoms with E-state index in [0.717, 1.165) is 12.8 Å². The van der Waals surface area contributed by atoms with E-state index in [4.69, 9.17) is 0 Å². The summed E-state index contributed by atoms with van der Waals surface area (Å²) in [6.07, 6.45) is 2.20. The molecule has 0 spiro atoms. The Kier molecular flexibility index (Phi) is 4.31. The maximum absolute atomic E-state index is 2.34. The van der Waals surface area contributed by atoms with Gasteiger partial charge in [-0.25, -0.2) is 0 Å². The maximum atomic E-state index is 2.34. The number of nitrogens with zero attached hydrogens (tertiary/aromatic N) is 1. The van der Waals surface area contributed by atoms with Gasteiger partial charge >= 0.3 is 0 Å². The monoisotopic (exact) mass is 273 g/mol. The Hall–Kier alpha value is -1.28. The van der Waals surface area contributed by atoms with Crippen LogP contribution in [0.25, 0.3) is 11.1 Å². The molecule has 0 amide bonds. The van der Waals surface area contributed by atoms with Gasteiger partial charge < -0.3 is 4.90 Å². The summed E-state index contributed by atoms with van der Waals surface area (Å²) < 4.78 is 0. The Morgan fingerprint density at radius 1 is 1.00 bits per heavy atom. The smallest absolute Gasteiger partial charge is 0.0367 e. The number of anilines is 1. The Labute approximate surface area is 120 Å². The van der Waals surface area contributed by atoms with Gasteiger partial charge in [0.25, 0.3) is 0 Å². The third-order valence-electron chi connectivity index (χ3n) is 3.53. The summed E-state index contributed by atoms with van der Waals surface area (Å²) in [6.45, 7) is 6.68. The molecule has 0 fully saturated rings. The summed E-state index contributed by atoms with van der Waals surface area (Å²) in [5, 5.41) is 0. The largest absolute Gasteiger partial charge is 0.378 e. The second-order valence-electron chi connectivity index (χ2n) is 5.14. The molecule has 1 aromatic heterocycles. The highest BCUT2D eigenvalue weighted by Crippen LogP contribution is 2.35. The minimum Gasteiger partial charge on any atom is -0.378 e. The zero-order valence-electron chi connectivity index (χ0n) is 12.6. The van der Waals surface area contributed by atoms with Crippen LogP contribution < -0.4 is 4.90 Å². The SMILES string of the molecule is CCc1ccc(N(C)C)cc1-c1cc(C)sc1CC. The van der Waals surface area contributed by atoms with E-state index in [0.29, 0.717) is 0 Å². The fourth-order valence-electron chi connectivity index (χ4n) is 2.45. The Morgan fingerprint density at radius 3 is 2.32 bits per heavy atom. The average Bonchev–Trinajstić information content (AvgIpc) is 2.78. The Bertz CT molecular complexity index is 567. The number of thiophene rings is 1. The predicted octanol–water partition coefficient (Wildman–Crippen LogP) is 4.91. The van der Waals surface area contributed by atoms with Gasteiger partial charge in [0.15, 0.2) is 0 Å². The van der Waals surface area contributed by atoms with Crippen LogP contribution in [0, 0.1) is 6.92 Å². The molecule has 1 nitrogen and oxygen atoms in total. The van der Waals surface area contributed by atoms with Crippen LogP contribution in [0.4, 0.5) is 5.69 Å². The van der Waals surface area contributed by atoms with E-state index in [9.17, 15) is 0 Å². The first kappa shape index (κ1) is 14.1. The minimum atomic E-state index is 1.08. The van der Waals surface area contributed by atoms with Crippen LogP contribution in [0.1, 0.15) is 29.2 Å². The second kappa shape index (κ2) is 5.79. The summed E-state index contributed by atoms with van der Waals surface area (Å²) in [5.41, 5.74) is 5.57. The summed E-state index contributed by atoms with van der Waals surface area (Å²) in [7, 11) is 4.20. The fourth-order valence-corrected chi connectivity index (χ4v) is 3.44. The first-order valence-electron chi connectivity index (χ1n) is 6.96. The van der Waals surface area contributed by atoms with Crippen molar-refractivity contribution in [1.82, 2.24) is 0 Å². The van der Waals surface area contributed by atoms with Gasteiger partial charge in [-0.3, -0.25) is 0 Å². The highest BCUT2D eigenvalue weighted by Gasteiger charge is 2.12. The van der Waals surface area contributed by atoms with Crippen LogP contribution in [0.2, 0.25) is 0 Å². The van der Waals surface area contributed by atoms with Crippen molar-refractivity contribution in [1.29, 1.82) is 0 Å². The van der Waals surface area contributed by atoms with Gasteiger partial charge in [0.2, 0.25) is 0 Å². The van der Waals surface area contributed by atoms with E-state index in [1.807, 2.05) is 11.3 Å². The molecular formula is C17H23NS. The van der Waals surface area contributed by atoms with Crippen LogP contribution in [0.3, 0.4) is 0 Å². The summed E-state index contributed by atoms with van der Waals surface area (Å²) in [6, 6.07) is 9.17. The highest BCUT2D eigenvalue weighted by atomic mass is 32.1. The third kappa shape index (κ3) is 2.84. The number of benzene rings is 1. The molecule has 0 unspecified atom stereocenters. The van der Waals surface area contributed by atoms with Gasteiger partial charge in [0, 0.05) is 29.5 Å². The van der Waals surface area contributed by atoms with Gasteiger partial charge in [-0.2, -0.15) is 0 Å². The molecule has 2 aromatic rings. The standard InChI is InChI=1S/C17H23NS/c1-6-13-8-9-14(18(4)5)11-15(13)16-10-12(3)19-17(16)7-2/h8-11H,6-7H2,1-5H3. The lowest BCUT2D eigenvalue weighted by Gasteiger charge is -2.16. The molecule has 102 valence electrons. The molecule has 0 radical (unpaired) electrons.